The number of hydrogen-bond acceptors (Lipinski definition) is 2. The van der Waals surface area contributed by atoms with E-state index in [2.05, 4.69) is 64.1 Å². The third-order valence-electron chi connectivity index (χ3n) is 2.63. The summed E-state index contributed by atoms with van der Waals surface area (Å²) in [7, 11) is 0. The SMILES string of the molecule is CC(C)O.CCCCO.Cc1cccc(C)c1.Cc1ccccc1. The lowest BCUT2D eigenvalue weighted by atomic mass is 10.2. The molecule has 0 aliphatic rings. The zero-order valence-electron chi connectivity index (χ0n) is 16.3. The average Bonchev–Trinajstić information content (AvgIpc) is 2.49. The first-order valence-corrected chi connectivity index (χ1v) is 8.67. The van der Waals surface area contributed by atoms with Crippen molar-refractivity contribution in [2.45, 2.75) is 60.5 Å². The molecule has 2 rings (SSSR count). The van der Waals surface area contributed by atoms with Gasteiger partial charge in [0.25, 0.3) is 0 Å². The van der Waals surface area contributed by atoms with Crippen LogP contribution in [0.1, 0.15) is 50.3 Å². The first-order valence-electron chi connectivity index (χ1n) is 8.67. The maximum Gasteiger partial charge on any atom is 0.0483 e. The van der Waals surface area contributed by atoms with E-state index >= 15 is 0 Å². The van der Waals surface area contributed by atoms with Gasteiger partial charge in [0.1, 0.15) is 0 Å². The van der Waals surface area contributed by atoms with Gasteiger partial charge in [-0.25, -0.2) is 0 Å². The molecule has 136 valence electrons. The third kappa shape index (κ3) is 22.6. The van der Waals surface area contributed by atoms with Crippen molar-refractivity contribution in [3.8, 4) is 0 Å². The largest absolute Gasteiger partial charge is 0.396 e. The van der Waals surface area contributed by atoms with Crippen molar-refractivity contribution in [3.05, 3.63) is 71.3 Å². The third-order valence-corrected chi connectivity index (χ3v) is 2.63. The highest BCUT2D eigenvalue weighted by molar-refractivity contribution is 5.20. The lowest BCUT2D eigenvalue weighted by Crippen LogP contribution is -1.85. The predicted molar refractivity (Wildman–Crippen MR) is 106 cm³/mol. The van der Waals surface area contributed by atoms with Gasteiger partial charge in [0.2, 0.25) is 0 Å². The summed E-state index contributed by atoms with van der Waals surface area (Å²) in [6.45, 7) is 12.1. The van der Waals surface area contributed by atoms with E-state index in [9.17, 15) is 0 Å². The topological polar surface area (TPSA) is 40.5 Å². The Balaban J connectivity index is 0. The lowest BCUT2D eigenvalue weighted by molar-refractivity contribution is 0.216. The Morgan fingerprint density at radius 3 is 1.38 bits per heavy atom. The molecule has 0 saturated heterocycles. The van der Waals surface area contributed by atoms with E-state index < -0.39 is 0 Å². The van der Waals surface area contributed by atoms with Crippen molar-refractivity contribution < 1.29 is 10.2 Å². The zero-order valence-corrected chi connectivity index (χ0v) is 16.3. The molecule has 0 bridgehead atoms. The summed E-state index contributed by atoms with van der Waals surface area (Å²) in [5, 5.41) is 16.1. The van der Waals surface area contributed by atoms with E-state index in [1.165, 1.54) is 16.7 Å². The fourth-order valence-electron chi connectivity index (χ4n) is 1.50. The van der Waals surface area contributed by atoms with Gasteiger partial charge < -0.3 is 10.2 Å². The summed E-state index contributed by atoms with van der Waals surface area (Å²) >= 11 is 0. The second-order valence-electron chi connectivity index (χ2n) is 5.98. The highest BCUT2D eigenvalue weighted by atomic mass is 16.3. The maximum atomic E-state index is 8.07. The van der Waals surface area contributed by atoms with Crippen LogP contribution in [0.4, 0.5) is 0 Å². The van der Waals surface area contributed by atoms with Crippen molar-refractivity contribution in [1.82, 2.24) is 0 Å². The van der Waals surface area contributed by atoms with Crippen molar-refractivity contribution in [3.63, 3.8) is 0 Å². The predicted octanol–water partition coefficient (Wildman–Crippen LogP) is 5.46. The van der Waals surface area contributed by atoms with Gasteiger partial charge in [-0.1, -0.05) is 84.6 Å². The van der Waals surface area contributed by atoms with Gasteiger partial charge in [0, 0.05) is 12.7 Å². The molecule has 0 aromatic heterocycles. The standard InChI is InChI=1S/C8H10.C7H8.C4H10O.C3H8O/c1-7-4-3-5-8(2)6-7;1-7-5-3-2-4-6-7;1-2-3-4-5;1-3(2)4/h3-6H,1-2H3;2-6H,1H3;5H,2-4H2,1H3;3-4H,1-2H3. The monoisotopic (exact) mass is 332 g/mol. The van der Waals surface area contributed by atoms with E-state index in [1.807, 2.05) is 18.2 Å². The summed E-state index contributed by atoms with van der Waals surface area (Å²) in [6.07, 6.45) is 1.87. The molecule has 0 spiro atoms. The second kappa shape index (κ2) is 17.7. The van der Waals surface area contributed by atoms with Gasteiger partial charge in [-0.05, 0) is 41.0 Å². The quantitative estimate of drug-likeness (QED) is 0.766. The van der Waals surface area contributed by atoms with Crippen LogP contribution < -0.4 is 0 Å². The molecule has 0 saturated carbocycles. The van der Waals surface area contributed by atoms with Crippen LogP contribution >= 0.6 is 0 Å². The molecule has 0 radical (unpaired) electrons. The van der Waals surface area contributed by atoms with E-state index in [4.69, 9.17) is 10.2 Å². The van der Waals surface area contributed by atoms with Crippen LogP contribution in [0.25, 0.3) is 0 Å². The molecular weight excluding hydrogens is 296 g/mol. The molecule has 2 aromatic carbocycles. The Kier molecular flexibility index (Phi) is 18.2. The summed E-state index contributed by atoms with van der Waals surface area (Å²) < 4.78 is 0. The Bertz CT molecular complexity index is 456. The fraction of sp³-hybridized carbons (Fsp3) is 0.455. The smallest absolute Gasteiger partial charge is 0.0483 e. The number of aryl methyl sites for hydroxylation is 3. The molecule has 2 aromatic rings. The number of unbranched alkanes of at least 4 members (excludes halogenated alkanes) is 1. The molecule has 2 heteroatoms. The molecule has 2 N–H and O–H groups in total. The van der Waals surface area contributed by atoms with Crippen LogP contribution in [-0.2, 0) is 0 Å². The second-order valence-corrected chi connectivity index (χ2v) is 5.98. The van der Waals surface area contributed by atoms with E-state index in [0.29, 0.717) is 6.61 Å². The molecule has 0 unspecified atom stereocenters. The van der Waals surface area contributed by atoms with Crippen LogP contribution in [0, 0.1) is 20.8 Å². The van der Waals surface area contributed by atoms with Gasteiger partial charge in [0.15, 0.2) is 0 Å². The number of hydrogen-bond donors (Lipinski definition) is 2. The van der Waals surface area contributed by atoms with Crippen molar-refractivity contribution in [2.75, 3.05) is 6.61 Å². The Hall–Kier alpha value is -1.64. The van der Waals surface area contributed by atoms with Gasteiger partial charge >= 0.3 is 0 Å². The van der Waals surface area contributed by atoms with Crippen molar-refractivity contribution in [1.29, 1.82) is 0 Å². The zero-order chi connectivity index (χ0) is 18.8. The van der Waals surface area contributed by atoms with Crippen molar-refractivity contribution in [2.24, 2.45) is 0 Å². The average molecular weight is 333 g/mol. The molecular formula is C22H36O2. The molecule has 0 fully saturated rings. The molecule has 2 nitrogen and oxygen atoms in total. The summed E-state index contributed by atoms with van der Waals surface area (Å²) in [5.41, 5.74) is 4.00. The molecule has 0 amide bonds. The van der Waals surface area contributed by atoms with Gasteiger partial charge in [-0.2, -0.15) is 0 Å². The highest BCUT2D eigenvalue weighted by Crippen LogP contribution is 2.00. The molecule has 24 heavy (non-hydrogen) atoms. The Morgan fingerprint density at radius 2 is 1.21 bits per heavy atom. The number of aliphatic hydroxyl groups excluding tert-OH is 2. The van der Waals surface area contributed by atoms with E-state index in [1.54, 1.807) is 13.8 Å². The summed E-state index contributed by atoms with van der Waals surface area (Å²) in [6, 6.07) is 18.7. The molecule has 0 aliphatic carbocycles. The summed E-state index contributed by atoms with van der Waals surface area (Å²) in [5.74, 6) is 0. The summed E-state index contributed by atoms with van der Waals surface area (Å²) in [4.78, 5) is 0. The van der Waals surface area contributed by atoms with Crippen LogP contribution in [-0.4, -0.2) is 22.9 Å². The lowest BCUT2D eigenvalue weighted by Gasteiger charge is -1.90. The van der Waals surface area contributed by atoms with Gasteiger partial charge in [-0.3, -0.25) is 0 Å². The van der Waals surface area contributed by atoms with Crippen LogP contribution in [0.2, 0.25) is 0 Å². The van der Waals surface area contributed by atoms with E-state index in [0.717, 1.165) is 12.8 Å². The highest BCUT2D eigenvalue weighted by Gasteiger charge is 1.80. The minimum Gasteiger partial charge on any atom is -0.396 e. The maximum absolute atomic E-state index is 8.07. The van der Waals surface area contributed by atoms with Crippen LogP contribution in [0.3, 0.4) is 0 Å². The van der Waals surface area contributed by atoms with Crippen LogP contribution in [0.5, 0.6) is 0 Å². The van der Waals surface area contributed by atoms with Crippen LogP contribution in [0.15, 0.2) is 54.6 Å². The van der Waals surface area contributed by atoms with E-state index in [-0.39, 0.29) is 6.10 Å². The van der Waals surface area contributed by atoms with Gasteiger partial charge in [0.05, 0.1) is 0 Å². The fourth-order valence-corrected chi connectivity index (χ4v) is 1.50. The Labute approximate surface area is 149 Å². The number of aliphatic hydroxyl groups is 2. The normalized spacial score (nSPS) is 8.88. The minimum absolute atomic E-state index is 0.167. The molecule has 0 heterocycles. The number of rotatable bonds is 2. The molecule has 0 aliphatic heterocycles. The first-order chi connectivity index (χ1) is 11.3. The molecule has 0 atom stereocenters. The number of benzene rings is 2. The van der Waals surface area contributed by atoms with Crippen molar-refractivity contribution >= 4 is 0 Å². The van der Waals surface area contributed by atoms with Gasteiger partial charge in [-0.15, -0.1) is 0 Å². The Morgan fingerprint density at radius 1 is 0.792 bits per heavy atom. The first kappa shape index (κ1) is 24.6. The minimum atomic E-state index is -0.167.